The van der Waals surface area contributed by atoms with Gasteiger partial charge < -0.3 is 14.8 Å². The second-order valence-electron chi connectivity index (χ2n) is 4.95. The van der Waals surface area contributed by atoms with Gasteiger partial charge in [-0.1, -0.05) is 30.3 Å². The van der Waals surface area contributed by atoms with Crippen LogP contribution in [0.4, 0.5) is 0 Å². The smallest absolute Gasteiger partial charge is 0.332 e. The largest absolute Gasteiger partial charge is 0.481 e. The molecule has 1 aromatic heterocycles. The molecule has 5 heteroatoms. The summed E-state index contributed by atoms with van der Waals surface area (Å²) in [5.74, 6) is 0.0888. The Hall–Kier alpha value is -2.82. The molecule has 0 amide bonds. The lowest BCUT2D eigenvalue weighted by Gasteiger charge is -2.18. The van der Waals surface area contributed by atoms with Gasteiger partial charge in [0.25, 0.3) is 0 Å². The summed E-state index contributed by atoms with van der Waals surface area (Å²) in [5, 5.41) is 3.33. The number of methoxy groups -OCH3 is 2. The average Bonchev–Trinajstić information content (AvgIpc) is 2.61. The molecule has 2 aromatic rings. The van der Waals surface area contributed by atoms with Gasteiger partial charge in [-0.3, -0.25) is 0 Å². The highest BCUT2D eigenvalue weighted by atomic mass is 16.5. The lowest BCUT2D eigenvalue weighted by molar-refractivity contribution is -0.134. The standard InChI is InChI=1S/C18H20N2O3/c1-13(14-7-5-4-6-8-14)20-16(11-18(21)23-3)15-9-10-17(22-2)19-12-15/h4-13,20H,1-3H3/b16-11+/t13-/m0/s1. The Bertz CT molecular complexity index is 666. The lowest BCUT2D eigenvalue weighted by atomic mass is 10.1. The van der Waals surface area contributed by atoms with Gasteiger partial charge in [0.05, 0.1) is 19.9 Å². The first-order chi connectivity index (χ1) is 11.1. The fourth-order valence-corrected chi connectivity index (χ4v) is 2.10. The van der Waals surface area contributed by atoms with Gasteiger partial charge >= 0.3 is 5.97 Å². The number of carbonyl (C=O) groups is 1. The van der Waals surface area contributed by atoms with Crippen LogP contribution in [0.25, 0.3) is 5.70 Å². The molecule has 0 aliphatic carbocycles. The summed E-state index contributed by atoms with van der Waals surface area (Å²) in [4.78, 5) is 15.8. The van der Waals surface area contributed by atoms with Crippen LogP contribution in [0.5, 0.6) is 5.88 Å². The van der Waals surface area contributed by atoms with E-state index >= 15 is 0 Å². The van der Waals surface area contributed by atoms with E-state index in [0.717, 1.165) is 11.1 Å². The van der Waals surface area contributed by atoms with Crippen molar-refractivity contribution in [2.75, 3.05) is 14.2 Å². The molecule has 23 heavy (non-hydrogen) atoms. The molecule has 0 bridgehead atoms. The van der Waals surface area contributed by atoms with Gasteiger partial charge in [0.15, 0.2) is 0 Å². The third kappa shape index (κ3) is 4.57. The van der Waals surface area contributed by atoms with Gasteiger partial charge in [0.1, 0.15) is 0 Å². The van der Waals surface area contributed by atoms with Gasteiger partial charge in [-0.25, -0.2) is 9.78 Å². The van der Waals surface area contributed by atoms with Crippen LogP contribution in [0.15, 0.2) is 54.7 Å². The predicted octanol–water partition coefficient (Wildman–Crippen LogP) is 2.95. The number of hydrogen-bond acceptors (Lipinski definition) is 5. The molecule has 1 aromatic carbocycles. The number of aromatic nitrogens is 1. The van der Waals surface area contributed by atoms with Crippen molar-refractivity contribution in [3.8, 4) is 5.88 Å². The number of ether oxygens (including phenoxy) is 2. The third-order valence-electron chi connectivity index (χ3n) is 3.39. The summed E-state index contributed by atoms with van der Waals surface area (Å²) >= 11 is 0. The topological polar surface area (TPSA) is 60.5 Å². The number of nitrogens with zero attached hydrogens (tertiary/aromatic N) is 1. The quantitative estimate of drug-likeness (QED) is 0.656. The summed E-state index contributed by atoms with van der Waals surface area (Å²) in [6.07, 6.45) is 3.07. The van der Waals surface area contributed by atoms with Crippen molar-refractivity contribution in [1.29, 1.82) is 0 Å². The zero-order valence-electron chi connectivity index (χ0n) is 13.4. The van der Waals surface area contributed by atoms with Gasteiger partial charge in [0, 0.05) is 29.9 Å². The summed E-state index contributed by atoms with van der Waals surface area (Å²) in [6, 6.07) is 13.6. The first-order valence-corrected chi connectivity index (χ1v) is 7.25. The Labute approximate surface area is 136 Å². The number of rotatable bonds is 6. The van der Waals surface area contributed by atoms with Crippen molar-refractivity contribution in [2.45, 2.75) is 13.0 Å². The molecule has 0 fully saturated rings. The predicted molar refractivity (Wildman–Crippen MR) is 88.8 cm³/mol. The SMILES string of the molecule is COC(=O)/C=C(/N[C@@H](C)c1ccccc1)c1ccc(OC)nc1. The Morgan fingerprint density at radius 1 is 1.17 bits per heavy atom. The highest BCUT2D eigenvalue weighted by Crippen LogP contribution is 2.19. The third-order valence-corrected chi connectivity index (χ3v) is 3.39. The molecular weight excluding hydrogens is 292 g/mol. The molecule has 1 N–H and O–H groups in total. The maximum absolute atomic E-state index is 11.7. The number of pyridine rings is 1. The first-order valence-electron chi connectivity index (χ1n) is 7.25. The lowest BCUT2D eigenvalue weighted by Crippen LogP contribution is -2.18. The zero-order chi connectivity index (χ0) is 16.7. The van der Waals surface area contributed by atoms with Crippen molar-refractivity contribution in [3.05, 3.63) is 65.9 Å². The molecule has 0 saturated carbocycles. The van der Waals surface area contributed by atoms with Crippen LogP contribution < -0.4 is 10.1 Å². The van der Waals surface area contributed by atoms with E-state index in [-0.39, 0.29) is 6.04 Å². The van der Waals surface area contributed by atoms with Gasteiger partial charge in [0.2, 0.25) is 5.88 Å². The summed E-state index contributed by atoms with van der Waals surface area (Å²) in [6.45, 7) is 2.03. The van der Waals surface area contributed by atoms with E-state index in [4.69, 9.17) is 9.47 Å². The Kier molecular flexibility index (Phi) is 5.74. The zero-order valence-corrected chi connectivity index (χ0v) is 13.4. The van der Waals surface area contributed by atoms with Crippen LogP contribution in [-0.4, -0.2) is 25.2 Å². The summed E-state index contributed by atoms with van der Waals surface area (Å²) in [7, 11) is 2.91. The van der Waals surface area contributed by atoms with Crippen LogP contribution in [-0.2, 0) is 9.53 Å². The van der Waals surface area contributed by atoms with Crippen LogP contribution in [0.1, 0.15) is 24.1 Å². The number of esters is 1. The summed E-state index contributed by atoms with van der Waals surface area (Å²) in [5.41, 5.74) is 2.53. The maximum atomic E-state index is 11.7. The minimum Gasteiger partial charge on any atom is -0.481 e. The van der Waals surface area contributed by atoms with Crippen LogP contribution in [0, 0.1) is 0 Å². The van der Waals surface area contributed by atoms with E-state index < -0.39 is 5.97 Å². The van der Waals surface area contributed by atoms with E-state index in [1.54, 1.807) is 19.4 Å². The van der Waals surface area contributed by atoms with Crippen LogP contribution in [0.3, 0.4) is 0 Å². The van der Waals surface area contributed by atoms with Crippen molar-refractivity contribution < 1.29 is 14.3 Å². The molecule has 5 nitrogen and oxygen atoms in total. The average molecular weight is 312 g/mol. The number of hydrogen-bond donors (Lipinski definition) is 1. The molecule has 0 spiro atoms. The molecule has 0 unspecified atom stereocenters. The minimum atomic E-state index is -0.427. The van der Waals surface area contributed by atoms with Crippen molar-refractivity contribution >= 4 is 11.7 Å². The highest BCUT2D eigenvalue weighted by Gasteiger charge is 2.11. The second kappa shape index (κ2) is 7.98. The Morgan fingerprint density at radius 2 is 1.91 bits per heavy atom. The van der Waals surface area contributed by atoms with E-state index in [0.29, 0.717) is 11.6 Å². The van der Waals surface area contributed by atoms with Gasteiger partial charge in [-0.2, -0.15) is 0 Å². The Morgan fingerprint density at radius 3 is 2.48 bits per heavy atom. The fraction of sp³-hybridized carbons (Fsp3) is 0.222. The van der Waals surface area contributed by atoms with Gasteiger partial charge in [-0.05, 0) is 18.6 Å². The monoisotopic (exact) mass is 312 g/mol. The fourth-order valence-electron chi connectivity index (χ4n) is 2.10. The van der Waals surface area contributed by atoms with E-state index in [2.05, 4.69) is 10.3 Å². The summed E-state index contributed by atoms with van der Waals surface area (Å²) < 4.78 is 9.79. The molecule has 0 aliphatic heterocycles. The molecule has 1 atom stereocenters. The van der Waals surface area contributed by atoms with E-state index in [1.165, 1.54) is 13.2 Å². The normalized spacial score (nSPS) is 12.4. The molecule has 1 heterocycles. The molecule has 0 saturated heterocycles. The van der Waals surface area contributed by atoms with Crippen molar-refractivity contribution in [3.63, 3.8) is 0 Å². The van der Waals surface area contributed by atoms with Crippen molar-refractivity contribution in [1.82, 2.24) is 10.3 Å². The second-order valence-corrected chi connectivity index (χ2v) is 4.95. The molecule has 120 valence electrons. The van der Waals surface area contributed by atoms with E-state index in [9.17, 15) is 4.79 Å². The van der Waals surface area contributed by atoms with Crippen molar-refractivity contribution in [2.24, 2.45) is 0 Å². The van der Waals surface area contributed by atoms with Gasteiger partial charge in [-0.15, -0.1) is 0 Å². The molecule has 0 aliphatic rings. The van der Waals surface area contributed by atoms with Crippen LogP contribution in [0.2, 0.25) is 0 Å². The number of benzene rings is 1. The van der Waals surface area contributed by atoms with Crippen LogP contribution >= 0.6 is 0 Å². The maximum Gasteiger partial charge on any atom is 0.332 e. The Balaban J connectivity index is 2.27. The highest BCUT2D eigenvalue weighted by molar-refractivity contribution is 5.90. The first kappa shape index (κ1) is 16.5. The molecular formula is C18H20N2O3. The molecule has 0 radical (unpaired) electrons. The minimum absolute atomic E-state index is 0.0224. The number of nitrogens with one attached hydrogen (secondary N) is 1. The number of carbonyl (C=O) groups excluding carboxylic acids is 1. The van der Waals surface area contributed by atoms with E-state index in [1.807, 2.05) is 43.3 Å². The molecule has 2 rings (SSSR count).